The number of amides is 3. The van der Waals surface area contributed by atoms with Crippen molar-refractivity contribution in [3.63, 3.8) is 0 Å². The van der Waals surface area contributed by atoms with Gasteiger partial charge >= 0.3 is 12.1 Å². The average Bonchev–Trinajstić information content (AvgIpc) is 2.92. The summed E-state index contributed by atoms with van der Waals surface area (Å²) in [6.07, 6.45) is 2.27. The number of ketones is 1. The average molecular weight is 564 g/mol. The lowest BCUT2D eigenvalue weighted by Crippen LogP contribution is -2.41. The number of nitrogens with zero attached hydrogens (tertiary/aromatic N) is 3. The Kier molecular flexibility index (Phi) is 9.07. The lowest BCUT2D eigenvalue weighted by Gasteiger charge is -2.34. The standard InChI is InChI=1S/C30H37N5O6/c1-19(36)21-7-6-8-22(17-21)32-28(38)33-24-10-9-23-26(27(37)35(18-31-23)15-16-40-5)25(24)20-11-13-34(14-12-20)29(39)41-30(2,3)4/h6-10,17-18,20H,11-16H2,1-5H3,(H2,32,33,38). The van der Waals surface area contributed by atoms with E-state index in [1.54, 1.807) is 48.4 Å². The van der Waals surface area contributed by atoms with Gasteiger partial charge in [0.1, 0.15) is 5.60 Å². The molecule has 1 aliphatic rings. The summed E-state index contributed by atoms with van der Waals surface area (Å²) in [4.78, 5) is 57.4. The number of urea groups is 1. The number of methoxy groups -OCH3 is 1. The third-order valence-electron chi connectivity index (χ3n) is 6.90. The van der Waals surface area contributed by atoms with Crippen molar-refractivity contribution in [2.75, 3.05) is 37.4 Å². The lowest BCUT2D eigenvalue weighted by atomic mass is 9.86. The number of rotatable bonds is 7. The third kappa shape index (κ3) is 7.29. The Hall–Kier alpha value is -4.25. The fourth-order valence-electron chi connectivity index (χ4n) is 4.93. The van der Waals surface area contributed by atoms with Crippen LogP contribution in [0.15, 0.2) is 47.5 Å². The van der Waals surface area contributed by atoms with Crippen molar-refractivity contribution in [3.8, 4) is 0 Å². The zero-order valence-electron chi connectivity index (χ0n) is 24.2. The van der Waals surface area contributed by atoms with Gasteiger partial charge in [-0.2, -0.15) is 0 Å². The molecule has 0 aliphatic carbocycles. The Balaban J connectivity index is 1.67. The number of carbonyl (C=O) groups excluding carboxylic acids is 3. The molecule has 1 saturated heterocycles. The maximum atomic E-state index is 13.7. The molecule has 1 fully saturated rings. The minimum absolute atomic E-state index is 0.110. The van der Waals surface area contributed by atoms with E-state index in [9.17, 15) is 19.2 Å². The number of aromatic nitrogens is 2. The van der Waals surface area contributed by atoms with Gasteiger partial charge in [-0.3, -0.25) is 14.2 Å². The van der Waals surface area contributed by atoms with Gasteiger partial charge in [0, 0.05) is 37.1 Å². The van der Waals surface area contributed by atoms with Crippen LogP contribution in [0.4, 0.5) is 21.0 Å². The first kappa shape index (κ1) is 29.7. The molecule has 4 rings (SSSR count). The zero-order chi connectivity index (χ0) is 29.7. The quantitative estimate of drug-likeness (QED) is 0.387. The largest absolute Gasteiger partial charge is 0.444 e. The summed E-state index contributed by atoms with van der Waals surface area (Å²) in [6.45, 7) is 8.51. The molecular weight excluding hydrogens is 526 g/mol. The number of hydrogen-bond acceptors (Lipinski definition) is 7. The van der Waals surface area contributed by atoms with E-state index < -0.39 is 11.6 Å². The summed E-state index contributed by atoms with van der Waals surface area (Å²) in [5.41, 5.74) is 1.81. The van der Waals surface area contributed by atoms with Crippen LogP contribution < -0.4 is 16.2 Å². The van der Waals surface area contributed by atoms with Crippen LogP contribution in [-0.2, 0) is 16.0 Å². The predicted octanol–water partition coefficient (Wildman–Crippen LogP) is 5.00. The second kappa shape index (κ2) is 12.5. The van der Waals surface area contributed by atoms with Gasteiger partial charge in [-0.25, -0.2) is 14.6 Å². The Labute approximate surface area is 238 Å². The summed E-state index contributed by atoms with van der Waals surface area (Å²) in [5, 5.41) is 6.11. The molecule has 0 atom stereocenters. The minimum atomic E-state index is -0.600. The molecule has 2 heterocycles. The van der Waals surface area contributed by atoms with Crippen LogP contribution in [0.25, 0.3) is 10.9 Å². The van der Waals surface area contributed by atoms with Gasteiger partial charge in [0.15, 0.2) is 5.78 Å². The number of likely N-dealkylation sites (tertiary alicyclic amines) is 1. The lowest BCUT2D eigenvalue weighted by molar-refractivity contribution is 0.0205. The molecule has 41 heavy (non-hydrogen) atoms. The van der Waals surface area contributed by atoms with Crippen molar-refractivity contribution in [2.45, 2.75) is 58.6 Å². The van der Waals surface area contributed by atoms with Crippen LogP contribution in [0, 0.1) is 0 Å². The van der Waals surface area contributed by atoms with Crippen molar-refractivity contribution >= 4 is 40.2 Å². The summed E-state index contributed by atoms with van der Waals surface area (Å²) >= 11 is 0. The maximum absolute atomic E-state index is 13.7. The molecular formula is C30H37N5O6. The van der Waals surface area contributed by atoms with E-state index in [0.29, 0.717) is 72.5 Å². The highest BCUT2D eigenvalue weighted by atomic mass is 16.6. The van der Waals surface area contributed by atoms with Crippen molar-refractivity contribution in [2.24, 2.45) is 0 Å². The molecule has 11 heteroatoms. The smallest absolute Gasteiger partial charge is 0.410 e. The highest BCUT2D eigenvalue weighted by Gasteiger charge is 2.30. The number of piperidine rings is 1. The van der Waals surface area contributed by atoms with Gasteiger partial charge in [0.2, 0.25) is 0 Å². The summed E-state index contributed by atoms with van der Waals surface area (Å²) < 4.78 is 12.2. The molecule has 0 bridgehead atoms. The van der Waals surface area contributed by atoms with Crippen molar-refractivity contribution in [3.05, 3.63) is 64.2 Å². The monoisotopic (exact) mass is 563 g/mol. The second-order valence-corrected chi connectivity index (χ2v) is 11.1. The zero-order valence-corrected chi connectivity index (χ0v) is 24.2. The Morgan fingerprint density at radius 3 is 2.46 bits per heavy atom. The number of Topliss-reactive ketones (excluding diaryl/α,β-unsaturated/α-hetero) is 1. The van der Waals surface area contributed by atoms with Crippen LogP contribution in [0.3, 0.4) is 0 Å². The highest BCUT2D eigenvalue weighted by molar-refractivity contribution is 6.03. The van der Waals surface area contributed by atoms with Gasteiger partial charge in [0.25, 0.3) is 5.56 Å². The van der Waals surface area contributed by atoms with Gasteiger partial charge in [-0.05, 0) is 76.3 Å². The van der Waals surface area contributed by atoms with E-state index in [4.69, 9.17) is 9.47 Å². The molecule has 0 saturated carbocycles. The molecule has 0 spiro atoms. The molecule has 2 N–H and O–H groups in total. The molecule has 0 radical (unpaired) electrons. The SMILES string of the molecule is COCCn1cnc2ccc(NC(=O)Nc3cccc(C(C)=O)c3)c(C3CCN(C(=O)OC(C)(C)C)CC3)c2c1=O. The first-order valence-electron chi connectivity index (χ1n) is 13.6. The fraction of sp³-hybridized carbons (Fsp3) is 0.433. The molecule has 3 amide bonds. The maximum Gasteiger partial charge on any atom is 0.410 e. The molecule has 2 aromatic carbocycles. The van der Waals surface area contributed by atoms with Crippen LogP contribution in [0.1, 0.15) is 62.4 Å². The van der Waals surface area contributed by atoms with Crippen LogP contribution >= 0.6 is 0 Å². The van der Waals surface area contributed by atoms with E-state index in [1.807, 2.05) is 20.8 Å². The molecule has 0 unspecified atom stereocenters. The first-order chi connectivity index (χ1) is 19.5. The van der Waals surface area contributed by atoms with E-state index >= 15 is 0 Å². The summed E-state index contributed by atoms with van der Waals surface area (Å²) in [5.74, 6) is -0.234. The Morgan fingerprint density at radius 2 is 1.80 bits per heavy atom. The number of benzene rings is 2. The highest BCUT2D eigenvalue weighted by Crippen LogP contribution is 2.37. The number of carbonyl (C=O) groups is 3. The van der Waals surface area contributed by atoms with Crippen molar-refractivity contribution < 1.29 is 23.9 Å². The molecule has 11 nitrogen and oxygen atoms in total. The van der Waals surface area contributed by atoms with Crippen LogP contribution in [0.2, 0.25) is 0 Å². The fourth-order valence-corrected chi connectivity index (χ4v) is 4.93. The molecule has 218 valence electrons. The molecule has 3 aromatic rings. The van der Waals surface area contributed by atoms with Gasteiger partial charge in [-0.1, -0.05) is 12.1 Å². The van der Waals surface area contributed by atoms with Gasteiger partial charge in [-0.15, -0.1) is 0 Å². The first-order valence-corrected chi connectivity index (χ1v) is 13.6. The minimum Gasteiger partial charge on any atom is -0.444 e. The molecule has 1 aliphatic heterocycles. The van der Waals surface area contributed by atoms with E-state index in [2.05, 4.69) is 15.6 Å². The summed E-state index contributed by atoms with van der Waals surface area (Å²) in [7, 11) is 1.57. The van der Waals surface area contributed by atoms with E-state index in [0.717, 1.165) is 0 Å². The van der Waals surface area contributed by atoms with E-state index in [1.165, 1.54) is 17.8 Å². The number of hydrogen-bond donors (Lipinski definition) is 2. The molecule has 1 aromatic heterocycles. The summed E-state index contributed by atoms with van der Waals surface area (Å²) in [6, 6.07) is 9.61. The van der Waals surface area contributed by atoms with E-state index in [-0.39, 0.29) is 23.4 Å². The normalized spacial score (nSPS) is 14.1. The van der Waals surface area contributed by atoms with Crippen molar-refractivity contribution in [1.29, 1.82) is 0 Å². The second-order valence-electron chi connectivity index (χ2n) is 11.1. The Morgan fingerprint density at radius 1 is 1.07 bits per heavy atom. The van der Waals surface area contributed by atoms with Gasteiger partial charge < -0.3 is 25.0 Å². The van der Waals surface area contributed by atoms with Crippen LogP contribution in [-0.4, -0.2) is 64.8 Å². The number of ether oxygens (including phenoxy) is 2. The number of anilines is 2. The number of fused-ring (bicyclic) bond motifs is 1. The third-order valence-corrected chi connectivity index (χ3v) is 6.90. The van der Waals surface area contributed by atoms with Crippen molar-refractivity contribution in [1.82, 2.24) is 14.5 Å². The predicted molar refractivity (Wildman–Crippen MR) is 157 cm³/mol. The Bertz CT molecular complexity index is 1500. The topological polar surface area (TPSA) is 132 Å². The van der Waals surface area contributed by atoms with Crippen LogP contribution in [0.5, 0.6) is 0 Å². The van der Waals surface area contributed by atoms with Gasteiger partial charge in [0.05, 0.1) is 30.4 Å². The number of nitrogens with one attached hydrogen (secondary N) is 2.